The van der Waals surface area contributed by atoms with Gasteiger partial charge in [-0.2, -0.15) is 0 Å². The highest BCUT2D eigenvalue weighted by molar-refractivity contribution is 5.28. The summed E-state index contributed by atoms with van der Waals surface area (Å²) in [4.78, 5) is 0. The molecule has 0 spiro atoms. The Bertz CT molecular complexity index is 726. The lowest BCUT2D eigenvalue weighted by molar-refractivity contribution is 0.0620. The van der Waals surface area contributed by atoms with Gasteiger partial charge in [0.2, 0.25) is 0 Å². The van der Waals surface area contributed by atoms with E-state index in [1.165, 1.54) is 77.0 Å². The van der Waals surface area contributed by atoms with Crippen LogP contribution in [0.1, 0.15) is 101 Å². The topological polar surface area (TPSA) is 0 Å². The van der Waals surface area contributed by atoms with Gasteiger partial charge in [-0.3, -0.25) is 0 Å². The summed E-state index contributed by atoms with van der Waals surface area (Å²) in [5.74, 6) is 5.26. The first-order valence-corrected chi connectivity index (χ1v) is 13.2. The van der Waals surface area contributed by atoms with Crippen LogP contribution in [0.4, 0.5) is 4.39 Å². The van der Waals surface area contributed by atoms with Crippen LogP contribution in [0.3, 0.4) is 0 Å². The van der Waals surface area contributed by atoms with E-state index in [0.29, 0.717) is 5.92 Å². The Kier molecular flexibility index (Phi) is 8.07. The minimum absolute atomic E-state index is 0.0266. The van der Waals surface area contributed by atoms with E-state index in [-0.39, 0.29) is 5.82 Å². The highest BCUT2D eigenvalue weighted by atomic mass is 19.1. The molecule has 0 bridgehead atoms. The summed E-state index contributed by atoms with van der Waals surface area (Å²) >= 11 is 0. The lowest BCUT2D eigenvalue weighted by Crippen LogP contribution is -2.34. The van der Waals surface area contributed by atoms with E-state index >= 15 is 0 Å². The summed E-state index contributed by atoms with van der Waals surface area (Å²) < 4.78 is 14.8. The molecule has 1 aromatic rings. The largest absolute Gasteiger partial charge is 0.207 e. The molecule has 1 heteroatoms. The SMILES string of the molecule is C=CCCc1ccc(C2CCC(C3CCC4CC(CCC=C)CCC4C3)CC2)c(F)c1. The van der Waals surface area contributed by atoms with Crippen molar-refractivity contribution in [3.8, 4) is 0 Å². The number of halogens is 1. The van der Waals surface area contributed by atoms with E-state index in [0.717, 1.165) is 53.6 Å². The molecule has 1 aromatic carbocycles. The number of allylic oxidation sites excluding steroid dienone is 2. The molecule has 3 fully saturated rings. The van der Waals surface area contributed by atoms with Crippen LogP contribution in [0.5, 0.6) is 0 Å². The molecule has 3 aliphatic carbocycles. The predicted octanol–water partition coefficient (Wildman–Crippen LogP) is 9.02. The van der Waals surface area contributed by atoms with Gasteiger partial charge in [-0.15, -0.1) is 13.2 Å². The van der Waals surface area contributed by atoms with Crippen molar-refractivity contribution in [1.29, 1.82) is 0 Å². The number of fused-ring (bicyclic) bond motifs is 1. The van der Waals surface area contributed by atoms with E-state index in [2.05, 4.69) is 31.4 Å². The summed E-state index contributed by atoms with van der Waals surface area (Å²) in [5.41, 5.74) is 2.08. The molecule has 4 rings (SSSR count). The minimum atomic E-state index is 0.0266. The lowest BCUT2D eigenvalue weighted by atomic mass is 9.60. The third kappa shape index (κ3) is 5.71. The average Bonchev–Trinajstić information content (AvgIpc) is 2.81. The van der Waals surface area contributed by atoms with Crippen LogP contribution < -0.4 is 0 Å². The fourth-order valence-electron chi connectivity index (χ4n) is 7.29. The number of aryl methyl sites for hydroxylation is 1. The van der Waals surface area contributed by atoms with Gasteiger partial charge in [0.05, 0.1) is 0 Å². The van der Waals surface area contributed by atoms with Crippen molar-refractivity contribution in [3.05, 3.63) is 60.5 Å². The molecule has 0 aromatic heterocycles. The maximum absolute atomic E-state index is 14.8. The average molecular weight is 423 g/mol. The highest BCUT2D eigenvalue weighted by Gasteiger charge is 2.38. The van der Waals surface area contributed by atoms with Crippen LogP contribution in [-0.2, 0) is 6.42 Å². The molecule has 0 radical (unpaired) electrons. The Morgan fingerprint density at radius 1 is 0.774 bits per heavy atom. The second kappa shape index (κ2) is 11.0. The zero-order valence-corrected chi connectivity index (χ0v) is 19.5. The maximum Gasteiger partial charge on any atom is 0.126 e. The third-order valence-corrected chi connectivity index (χ3v) is 9.12. The van der Waals surface area contributed by atoms with Crippen LogP contribution in [0.25, 0.3) is 0 Å². The van der Waals surface area contributed by atoms with Gasteiger partial charge in [0.25, 0.3) is 0 Å². The van der Waals surface area contributed by atoms with Gasteiger partial charge in [0.1, 0.15) is 5.82 Å². The van der Waals surface area contributed by atoms with Gasteiger partial charge in [-0.25, -0.2) is 4.39 Å². The summed E-state index contributed by atoms with van der Waals surface area (Å²) in [6.45, 7) is 7.68. The van der Waals surface area contributed by atoms with E-state index in [9.17, 15) is 4.39 Å². The molecule has 4 unspecified atom stereocenters. The Labute approximate surface area is 190 Å². The van der Waals surface area contributed by atoms with Crippen molar-refractivity contribution >= 4 is 0 Å². The molecule has 0 N–H and O–H groups in total. The van der Waals surface area contributed by atoms with E-state index in [4.69, 9.17) is 0 Å². The van der Waals surface area contributed by atoms with Crippen molar-refractivity contribution in [2.45, 2.75) is 95.8 Å². The van der Waals surface area contributed by atoms with Crippen LogP contribution in [-0.4, -0.2) is 0 Å². The molecular weight excluding hydrogens is 379 g/mol. The smallest absolute Gasteiger partial charge is 0.126 e. The van der Waals surface area contributed by atoms with Crippen molar-refractivity contribution in [2.75, 3.05) is 0 Å². The molecule has 0 aliphatic heterocycles. The standard InChI is InChI=1S/C30H43F/c1-3-5-7-22-9-11-28-21-27(17-16-26(28)19-22)24-12-14-25(15-13-24)29-18-10-23(8-6-4-2)20-30(29)31/h3-4,10,18,20,22,24-28H,1-2,5-9,11-17,19,21H2. The molecule has 0 heterocycles. The van der Waals surface area contributed by atoms with Crippen LogP contribution in [0, 0.1) is 35.4 Å². The van der Waals surface area contributed by atoms with Gasteiger partial charge in [0.15, 0.2) is 0 Å². The van der Waals surface area contributed by atoms with Crippen molar-refractivity contribution in [2.24, 2.45) is 29.6 Å². The van der Waals surface area contributed by atoms with Crippen molar-refractivity contribution in [3.63, 3.8) is 0 Å². The summed E-state index contributed by atoms with van der Waals surface area (Å²) in [5, 5.41) is 0. The third-order valence-electron chi connectivity index (χ3n) is 9.12. The van der Waals surface area contributed by atoms with Gasteiger partial charge < -0.3 is 0 Å². The van der Waals surface area contributed by atoms with E-state index in [1.54, 1.807) is 6.07 Å². The predicted molar refractivity (Wildman–Crippen MR) is 131 cm³/mol. The molecule has 0 saturated heterocycles. The first kappa shape index (κ1) is 22.8. The molecule has 170 valence electrons. The zero-order valence-electron chi connectivity index (χ0n) is 19.5. The number of hydrogen-bond donors (Lipinski definition) is 0. The van der Waals surface area contributed by atoms with E-state index < -0.39 is 0 Å². The fourth-order valence-corrected chi connectivity index (χ4v) is 7.29. The summed E-state index contributed by atoms with van der Waals surface area (Å²) in [7, 11) is 0. The van der Waals surface area contributed by atoms with Gasteiger partial charge in [-0.1, -0.05) is 30.7 Å². The molecule has 0 amide bonds. The number of rotatable bonds is 8. The van der Waals surface area contributed by atoms with Crippen LogP contribution in [0.15, 0.2) is 43.5 Å². The Hall–Kier alpha value is -1.37. The fraction of sp³-hybridized carbons (Fsp3) is 0.667. The molecule has 3 aliphatic rings. The number of benzene rings is 1. The lowest BCUT2D eigenvalue weighted by Gasteiger charge is -2.45. The Morgan fingerprint density at radius 2 is 1.42 bits per heavy atom. The summed E-state index contributed by atoms with van der Waals surface area (Å²) in [6, 6.07) is 5.99. The molecule has 31 heavy (non-hydrogen) atoms. The van der Waals surface area contributed by atoms with Gasteiger partial charge >= 0.3 is 0 Å². The first-order valence-electron chi connectivity index (χ1n) is 13.2. The van der Waals surface area contributed by atoms with Gasteiger partial charge in [-0.05, 0) is 136 Å². The van der Waals surface area contributed by atoms with E-state index in [1.807, 2.05) is 6.08 Å². The first-order chi connectivity index (χ1) is 15.2. The van der Waals surface area contributed by atoms with Gasteiger partial charge in [0, 0.05) is 0 Å². The second-order valence-electron chi connectivity index (χ2n) is 10.9. The van der Waals surface area contributed by atoms with Crippen LogP contribution in [0.2, 0.25) is 0 Å². The highest BCUT2D eigenvalue weighted by Crippen LogP contribution is 2.50. The molecule has 0 nitrogen and oxygen atoms in total. The maximum atomic E-state index is 14.8. The van der Waals surface area contributed by atoms with Crippen molar-refractivity contribution in [1.82, 2.24) is 0 Å². The minimum Gasteiger partial charge on any atom is -0.207 e. The zero-order chi connectivity index (χ0) is 21.6. The second-order valence-corrected chi connectivity index (χ2v) is 10.9. The van der Waals surface area contributed by atoms with Crippen LogP contribution >= 0.6 is 0 Å². The molecule has 4 atom stereocenters. The van der Waals surface area contributed by atoms with Crippen molar-refractivity contribution < 1.29 is 4.39 Å². The normalized spacial score (nSPS) is 33.5. The monoisotopic (exact) mass is 422 g/mol. The number of hydrogen-bond acceptors (Lipinski definition) is 0. The molecular formula is C30H43F. The Morgan fingerprint density at radius 3 is 2.13 bits per heavy atom. The summed E-state index contributed by atoms with van der Waals surface area (Å²) in [6.07, 6.45) is 22.2. The quantitative estimate of drug-likeness (QED) is 0.367. The molecule has 3 saturated carbocycles. The Balaban J connectivity index is 1.26.